The van der Waals surface area contributed by atoms with Crippen molar-refractivity contribution in [2.45, 2.75) is 25.9 Å². The van der Waals surface area contributed by atoms with Gasteiger partial charge in [0.15, 0.2) is 0 Å². The lowest BCUT2D eigenvalue weighted by molar-refractivity contribution is 0.0641. The van der Waals surface area contributed by atoms with Crippen LogP contribution in [-0.2, 0) is 0 Å². The third kappa shape index (κ3) is 3.09. The summed E-state index contributed by atoms with van der Waals surface area (Å²) in [4.78, 5) is 2.31. The monoisotopic (exact) mass is 172 g/mol. The number of aliphatic hydroxyl groups is 1. The van der Waals surface area contributed by atoms with E-state index in [0.29, 0.717) is 5.92 Å². The van der Waals surface area contributed by atoms with Crippen LogP contribution in [0.4, 0.5) is 0 Å². The number of hydrogen-bond donors (Lipinski definition) is 2. The van der Waals surface area contributed by atoms with Crippen molar-refractivity contribution >= 4 is 0 Å². The van der Waals surface area contributed by atoms with Crippen molar-refractivity contribution in [3.63, 3.8) is 0 Å². The van der Waals surface area contributed by atoms with E-state index in [4.69, 9.17) is 5.73 Å². The first-order chi connectivity index (χ1) is 5.72. The average molecular weight is 172 g/mol. The van der Waals surface area contributed by atoms with Gasteiger partial charge in [-0.3, -0.25) is 0 Å². The molecule has 1 saturated heterocycles. The van der Waals surface area contributed by atoms with Crippen LogP contribution < -0.4 is 5.73 Å². The van der Waals surface area contributed by atoms with Crippen LogP contribution in [0.3, 0.4) is 0 Å². The molecule has 0 aliphatic carbocycles. The third-order valence-electron chi connectivity index (χ3n) is 2.45. The quantitative estimate of drug-likeness (QED) is 0.632. The zero-order valence-corrected chi connectivity index (χ0v) is 7.87. The Hall–Kier alpha value is -0.120. The van der Waals surface area contributed by atoms with Crippen LogP contribution in [0, 0.1) is 5.92 Å². The predicted octanol–water partition coefficient (Wildman–Crippen LogP) is 0.0379. The molecule has 2 atom stereocenters. The van der Waals surface area contributed by atoms with Crippen LogP contribution in [0.1, 0.15) is 19.8 Å². The van der Waals surface area contributed by atoms with E-state index >= 15 is 0 Å². The van der Waals surface area contributed by atoms with E-state index < -0.39 is 0 Å². The first kappa shape index (κ1) is 9.96. The number of hydrogen-bond acceptors (Lipinski definition) is 3. The number of β-amino-alcohol motifs (C(OH)–C–C–N with tert-alkyl or cyclic N) is 1. The van der Waals surface area contributed by atoms with E-state index in [9.17, 15) is 5.11 Å². The van der Waals surface area contributed by atoms with Gasteiger partial charge in [0.1, 0.15) is 0 Å². The third-order valence-corrected chi connectivity index (χ3v) is 2.45. The fourth-order valence-electron chi connectivity index (χ4n) is 1.71. The van der Waals surface area contributed by atoms with Gasteiger partial charge < -0.3 is 15.7 Å². The molecule has 1 fully saturated rings. The van der Waals surface area contributed by atoms with E-state index in [1.165, 1.54) is 0 Å². The summed E-state index contributed by atoms with van der Waals surface area (Å²) < 4.78 is 0. The van der Waals surface area contributed by atoms with Gasteiger partial charge >= 0.3 is 0 Å². The number of aliphatic hydroxyl groups excluding tert-OH is 1. The second-order valence-electron chi connectivity index (χ2n) is 3.90. The Morgan fingerprint density at radius 2 is 2.42 bits per heavy atom. The van der Waals surface area contributed by atoms with Crippen molar-refractivity contribution in [2.24, 2.45) is 11.7 Å². The maximum Gasteiger partial charge on any atom is 0.0667 e. The summed E-state index contributed by atoms with van der Waals surface area (Å²) in [7, 11) is 0. The highest BCUT2D eigenvalue weighted by Gasteiger charge is 2.18. The minimum Gasteiger partial charge on any atom is -0.392 e. The molecule has 2 unspecified atom stereocenters. The zero-order chi connectivity index (χ0) is 8.97. The molecule has 3 heteroatoms. The molecule has 12 heavy (non-hydrogen) atoms. The van der Waals surface area contributed by atoms with Gasteiger partial charge in [-0.15, -0.1) is 0 Å². The number of likely N-dealkylation sites (tertiary alicyclic amines) is 1. The van der Waals surface area contributed by atoms with Gasteiger partial charge in [-0.2, -0.15) is 0 Å². The van der Waals surface area contributed by atoms with Crippen molar-refractivity contribution in [3.8, 4) is 0 Å². The summed E-state index contributed by atoms with van der Waals surface area (Å²) in [5, 5.41) is 9.39. The molecule has 0 aromatic rings. The normalized spacial score (nSPS) is 28.8. The van der Waals surface area contributed by atoms with E-state index in [-0.39, 0.29) is 6.10 Å². The van der Waals surface area contributed by atoms with Gasteiger partial charge in [0, 0.05) is 13.1 Å². The largest absolute Gasteiger partial charge is 0.392 e. The Morgan fingerprint density at radius 3 is 3.00 bits per heavy atom. The van der Waals surface area contributed by atoms with Gasteiger partial charge in [0.25, 0.3) is 0 Å². The van der Waals surface area contributed by atoms with E-state index in [0.717, 1.165) is 39.0 Å². The Kier molecular flexibility index (Phi) is 3.98. The van der Waals surface area contributed by atoms with E-state index in [2.05, 4.69) is 11.8 Å². The van der Waals surface area contributed by atoms with Crippen molar-refractivity contribution in [1.29, 1.82) is 0 Å². The fraction of sp³-hybridized carbons (Fsp3) is 1.00. The first-order valence-corrected chi connectivity index (χ1v) is 4.83. The number of nitrogens with two attached hydrogens (primary N) is 1. The summed E-state index contributed by atoms with van der Waals surface area (Å²) in [6.45, 7) is 5.90. The average Bonchev–Trinajstić information content (AvgIpc) is 2.04. The smallest absolute Gasteiger partial charge is 0.0667 e. The molecular weight excluding hydrogens is 152 g/mol. The van der Waals surface area contributed by atoms with Crippen LogP contribution in [0.25, 0.3) is 0 Å². The van der Waals surface area contributed by atoms with Gasteiger partial charge in [-0.25, -0.2) is 0 Å². The lowest BCUT2D eigenvalue weighted by atomic mass is 10.1. The molecule has 0 aromatic heterocycles. The molecule has 1 rings (SSSR count). The highest BCUT2D eigenvalue weighted by Crippen LogP contribution is 2.10. The molecule has 72 valence electrons. The highest BCUT2D eigenvalue weighted by atomic mass is 16.3. The van der Waals surface area contributed by atoms with E-state index in [1.54, 1.807) is 0 Å². The summed E-state index contributed by atoms with van der Waals surface area (Å²) in [5.41, 5.74) is 5.53. The summed E-state index contributed by atoms with van der Waals surface area (Å²) in [5.74, 6) is 0.551. The van der Waals surface area contributed by atoms with Gasteiger partial charge in [-0.1, -0.05) is 6.92 Å². The summed E-state index contributed by atoms with van der Waals surface area (Å²) in [6.07, 6.45) is 1.98. The SMILES string of the molecule is CC(CN)CN1CCCC(O)C1. The van der Waals surface area contributed by atoms with E-state index in [1.807, 2.05) is 0 Å². The van der Waals surface area contributed by atoms with Crippen LogP contribution in [0.5, 0.6) is 0 Å². The fourth-order valence-corrected chi connectivity index (χ4v) is 1.71. The molecular formula is C9H20N2O. The van der Waals surface area contributed by atoms with Crippen molar-refractivity contribution in [3.05, 3.63) is 0 Å². The molecule has 0 spiro atoms. The van der Waals surface area contributed by atoms with Gasteiger partial charge in [0.05, 0.1) is 6.10 Å². The summed E-state index contributed by atoms with van der Waals surface area (Å²) in [6, 6.07) is 0. The standard InChI is InChI=1S/C9H20N2O/c1-8(5-10)6-11-4-2-3-9(12)7-11/h8-9,12H,2-7,10H2,1H3. The molecule has 3 nitrogen and oxygen atoms in total. The lowest BCUT2D eigenvalue weighted by Gasteiger charge is -2.31. The Labute approximate surface area is 74.5 Å². The molecule has 0 saturated carbocycles. The lowest BCUT2D eigenvalue weighted by Crippen LogP contribution is -2.41. The van der Waals surface area contributed by atoms with Crippen LogP contribution in [0.15, 0.2) is 0 Å². The highest BCUT2D eigenvalue weighted by molar-refractivity contribution is 4.73. The second-order valence-corrected chi connectivity index (χ2v) is 3.90. The maximum atomic E-state index is 9.39. The molecule has 1 heterocycles. The zero-order valence-electron chi connectivity index (χ0n) is 7.87. The Morgan fingerprint density at radius 1 is 1.67 bits per heavy atom. The topological polar surface area (TPSA) is 49.5 Å². The Balaban J connectivity index is 2.22. The van der Waals surface area contributed by atoms with Crippen molar-refractivity contribution < 1.29 is 5.11 Å². The number of rotatable bonds is 3. The molecule has 0 amide bonds. The van der Waals surface area contributed by atoms with Gasteiger partial charge in [-0.05, 0) is 31.8 Å². The van der Waals surface area contributed by atoms with Crippen molar-refractivity contribution in [2.75, 3.05) is 26.2 Å². The molecule has 3 N–H and O–H groups in total. The van der Waals surface area contributed by atoms with Crippen LogP contribution in [-0.4, -0.2) is 42.3 Å². The molecule has 0 radical (unpaired) electrons. The minimum atomic E-state index is -0.108. The number of nitrogens with zero attached hydrogens (tertiary/aromatic N) is 1. The molecule has 0 bridgehead atoms. The minimum absolute atomic E-state index is 0.108. The number of piperidine rings is 1. The molecule has 1 aliphatic heterocycles. The maximum absolute atomic E-state index is 9.39. The predicted molar refractivity (Wildman–Crippen MR) is 49.9 cm³/mol. The second kappa shape index (κ2) is 4.80. The van der Waals surface area contributed by atoms with Crippen LogP contribution in [0.2, 0.25) is 0 Å². The molecule has 0 aromatic carbocycles. The summed E-state index contributed by atoms with van der Waals surface area (Å²) >= 11 is 0. The van der Waals surface area contributed by atoms with Crippen LogP contribution >= 0.6 is 0 Å². The van der Waals surface area contributed by atoms with Gasteiger partial charge in [0.2, 0.25) is 0 Å². The molecule has 1 aliphatic rings. The first-order valence-electron chi connectivity index (χ1n) is 4.83. The van der Waals surface area contributed by atoms with Crippen molar-refractivity contribution in [1.82, 2.24) is 4.90 Å². The Bertz CT molecular complexity index is 130.